The van der Waals surface area contributed by atoms with Gasteiger partial charge in [-0.1, -0.05) is 70.4 Å². The van der Waals surface area contributed by atoms with Gasteiger partial charge in [-0.15, -0.1) is 0 Å². The van der Waals surface area contributed by atoms with Gasteiger partial charge in [-0.3, -0.25) is 0 Å². The normalized spacial score (nSPS) is 11.2. The summed E-state index contributed by atoms with van der Waals surface area (Å²) in [6, 6.07) is 9.86. The second kappa shape index (κ2) is 10.4. The highest BCUT2D eigenvalue weighted by atomic mass is 16.1. The fourth-order valence-electron chi connectivity index (χ4n) is 1.46. The molecular formula is C15H24O. The zero-order chi connectivity index (χ0) is 12.2. The van der Waals surface area contributed by atoms with Gasteiger partial charge in [0.05, 0.1) is 0 Å². The molecular weight excluding hydrogens is 196 g/mol. The first-order valence-electron chi connectivity index (χ1n) is 6.30. The Labute approximate surface area is 99.9 Å². The minimum absolute atomic E-state index is 0.0798. The number of hydrogen-bond donors (Lipinski definition) is 0. The maximum atomic E-state index is 10.5. The highest BCUT2D eigenvalue weighted by molar-refractivity contribution is 5.61. The van der Waals surface area contributed by atoms with Crippen molar-refractivity contribution in [1.82, 2.24) is 0 Å². The minimum atomic E-state index is 0.0798. The Morgan fingerprint density at radius 1 is 1.06 bits per heavy atom. The molecule has 0 spiro atoms. The van der Waals surface area contributed by atoms with Crippen LogP contribution in [-0.2, 0) is 4.79 Å². The lowest BCUT2D eigenvalue weighted by molar-refractivity contribution is -0.109. The molecule has 0 saturated heterocycles. The molecule has 1 rings (SSSR count). The van der Waals surface area contributed by atoms with Gasteiger partial charge in [0.1, 0.15) is 6.29 Å². The number of benzene rings is 1. The van der Waals surface area contributed by atoms with Crippen LogP contribution in [0.2, 0.25) is 0 Å². The average molecular weight is 220 g/mol. The van der Waals surface area contributed by atoms with E-state index in [9.17, 15) is 4.79 Å². The Morgan fingerprint density at radius 2 is 1.62 bits per heavy atom. The molecule has 0 N–H and O–H groups in total. The van der Waals surface area contributed by atoms with Gasteiger partial charge in [-0.2, -0.15) is 0 Å². The van der Waals surface area contributed by atoms with Crippen molar-refractivity contribution < 1.29 is 4.79 Å². The zero-order valence-corrected chi connectivity index (χ0v) is 10.8. The number of hydrogen-bond acceptors (Lipinski definition) is 1. The summed E-state index contributed by atoms with van der Waals surface area (Å²) in [5.74, 6) is 0.0798. The number of carbonyl (C=O) groups is 1. The summed E-state index contributed by atoms with van der Waals surface area (Å²) in [6.07, 6.45) is 5.97. The lowest BCUT2D eigenvalue weighted by atomic mass is 9.98. The SMILES string of the molecule is CCCCC.CC[C@H](C=O)c1ccccc1. The molecule has 1 aromatic carbocycles. The quantitative estimate of drug-likeness (QED) is 0.664. The second-order valence-corrected chi connectivity index (χ2v) is 3.92. The van der Waals surface area contributed by atoms with E-state index in [1.165, 1.54) is 19.3 Å². The first-order valence-corrected chi connectivity index (χ1v) is 6.30. The molecule has 0 unspecified atom stereocenters. The van der Waals surface area contributed by atoms with Crippen LogP contribution in [-0.4, -0.2) is 6.29 Å². The van der Waals surface area contributed by atoms with Crippen LogP contribution in [0.3, 0.4) is 0 Å². The van der Waals surface area contributed by atoms with Crippen LogP contribution in [0.4, 0.5) is 0 Å². The summed E-state index contributed by atoms with van der Waals surface area (Å²) in [7, 11) is 0. The van der Waals surface area contributed by atoms with Crippen LogP contribution in [0.1, 0.15) is 57.9 Å². The summed E-state index contributed by atoms with van der Waals surface area (Å²) >= 11 is 0. The summed E-state index contributed by atoms with van der Waals surface area (Å²) in [4.78, 5) is 10.5. The molecule has 0 radical (unpaired) electrons. The predicted molar refractivity (Wildman–Crippen MR) is 70.7 cm³/mol. The molecule has 90 valence electrons. The number of unbranched alkanes of at least 4 members (excludes halogenated alkanes) is 2. The topological polar surface area (TPSA) is 17.1 Å². The van der Waals surface area contributed by atoms with Gasteiger partial charge in [0, 0.05) is 5.92 Å². The van der Waals surface area contributed by atoms with Crippen LogP contribution in [0.25, 0.3) is 0 Å². The summed E-state index contributed by atoms with van der Waals surface area (Å²) in [5.41, 5.74) is 1.12. The molecule has 0 aliphatic carbocycles. The Hall–Kier alpha value is -1.11. The maximum Gasteiger partial charge on any atom is 0.127 e. The number of rotatable bonds is 5. The van der Waals surface area contributed by atoms with Crippen molar-refractivity contribution in [1.29, 1.82) is 0 Å². The van der Waals surface area contributed by atoms with Gasteiger partial charge in [-0.25, -0.2) is 0 Å². The van der Waals surface area contributed by atoms with E-state index in [4.69, 9.17) is 0 Å². The number of aldehydes is 1. The fourth-order valence-corrected chi connectivity index (χ4v) is 1.46. The van der Waals surface area contributed by atoms with Gasteiger partial charge in [0.15, 0.2) is 0 Å². The van der Waals surface area contributed by atoms with Gasteiger partial charge < -0.3 is 4.79 Å². The maximum absolute atomic E-state index is 10.5. The number of carbonyl (C=O) groups excluding carboxylic acids is 1. The lowest BCUT2D eigenvalue weighted by Gasteiger charge is -2.05. The first kappa shape index (κ1) is 14.9. The van der Waals surface area contributed by atoms with Crippen molar-refractivity contribution in [2.75, 3.05) is 0 Å². The average Bonchev–Trinajstić information content (AvgIpc) is 2.34. The van der Waals surface area contributed by atoms with Gasteiger partial charge in [0.25, 0.3) is 0 Å². The van der Waals surface area contributed by atoms with Crippen LogP contribution < -0.4 is 0 Å². The molecule has 0 aliphatic rings. The fraction of sp³-hybridized carbons (Fsp3) is 0.533. The molecule has 0 aromatic heterocycles. The molecule has 1 atom stereocenters. The van der Waals surface area contributed by atoms with Crippen molar-refractivity contribution >= 4 is 6.29 Å². The standard InChI is InChI=1S/C10H12O.C5H12/c1-2-9(8-11)10-6-4-3-5-7-10;1-3-5-4-2/h3-9H,2H2,1H3;3-5H2,1-2H3/t9-;/m1./s1. The van der Waals surface area contributed by atoms with E-state index in [0.717, 1.165) is 18.3 Å². The molecule has 16 heavy (non-hydrogen) atoms. The molecule has 0 saturated carbocycles. The Bertz CT molecular complexity index is 251. The van der Waals surface area contributed by atoms with Crippen LogP contribution in [0.5, 0.6) is 0 Å². The van der Waals surface area contributed by atoms with Crippen molar-refractivity contribution in [2.45, 2.75) is 52.4 Å². The summed E-state index contributed by atoms with van der Waals surface area (Å²) < 4.78 is 0. The molecule has 1 nitrogen and oxygen atoms in total. The molecule has 0 aliphatic heterocycles. The van der Waals surface area contributed by atoms with Crippen LogP contribution >= 0.6 is 0 Å². The third-order valence-corrected chi connectivity index (χ3v) is 2.54. The molecule has 1 heteroatoms. The third kappa shape index (κ3) is 6.39. The third-order valence-electron chi connectivity index (χ3n) is 2.54. The molecule has 1 aromatic rings. The molecule has 0 fully saturated rings. The van der Waals surface area contributed by atoms with Gasteiger partial charge >= 0.3 is 0 Å². The lowest BCUT2D eigenvalue weighted by Crippen LogP contribution is -1.96. The second-order valence-electron chi connectivity index (χ2n) is 3.92. The van der Waals surface area contributed by atoms with E-state index >= 15 is 0 Å². The Morgan fingerprint density at radius 3 is 1.94 bits per heavy atom. The Balaban J connectivity index is 0.000000385. The first-order chi connectivity index (χ1) is 7.79. The van der Waals surface area contributed by atoms with E-state index in [2.05, 4.69) is 13.8 Å². The predicted octanol–water partition coefficient (Wildman–Crippen LogP) is 4.58. The molecule has 0 amide bonds. The zero-order valence-electron chi connectivity index (χ0n) is 10.8. The summed E-state index contributed by atoms with van der Waals surface area (Å²) in [5, 5.41) is 0. The highest BCUT2D eigenvalue weighted by Gasteiger charge is 2.04. The van der Waals surface area contributed by atoms with E-state index in [1.807, 2.05) is 37.3 Å². The minimum Gasteiger partial charge on any atom is -0.303 e. The van der Waals surface area contributed by atoms with E-state index in [-0.39, 0.29) is 5.92 Å². The highest BCUT2D eigenvalue weighted by Crippen LogP contribution is 2.15. The van der Waals surface area contributed by atoms with Crippen molar-refractivity contribution in [3.63, 3.8) is 0 Å². The van der Waals surface area contributed by atoms with Crippen molar-refractivity contribution in [3.8, 4) is 0 Å². The van der Waals surface area contributed by atoms with E-state index in [1.54, 1.807) is 0 Å². The van der Waals surface area contributed by atoms with Gasteiger partial charge in [-0.05, 0) is 12.0 Å². The van der Waals surface area contributed by atoms with Crippen molar-refractivity contribution in [3.05, 3.63) is 35.9 Å². The molecule has 0 bridgehead atoms. The van der Waals surface area contributed by atoms with E-state index < -0.39 is 0 Å². The monoisotopic (exact) mass is 220 g/mol. The van der Waals surface area contributed by atoms with Crippen molar-refractivity contribution in [2.24, 2.45) is 0 Å². The van der Waals surface area contributed by atoms with E-state index in [0.29, 0.717) is 0 Å². The molecule has 0 heterocycles. The largest absolute Gasteiger partial charge is 0.303 e. The van der Waals surface area contributed by atoms with Gasteiger partial charge in [0.2, 0.25) is 0 Å². The smallest absolute Gasteiger partial charge is 0.127 e. The van der Waals surface area contributed by atoms with Crippen LogP contribution in [0, 0.1) is 0 Å². The summed E-state index contributed by atoms with van der Waals surface area (Å²) in [6.45, 7) is 6.44. The van der Waals surface area contributed by atoms with Crippen LogP contribution in [0.15, 0.2) is 30.3 Å². The Kier molecular flexibility index (Phi) is 9.69.